The van der Waals surface area contributed by atoms with Crippen molar-refractivity contribution in [1.82, 2.24) is 0 Å². The highest BCUT2D eigenvalue weighted by atomic mass is 16.5. The Labute approximate surface area is 135 Å². The molecule has 0 aromatic heterocycles. The van der Waals surface area contributed by atoms with Crippen LogP contribution in [-0.2, 0) is 9.53 Å². The Balaban J connectivity index is 1.90. The van der Waals surface area contributed by atoms with Crippen molar-refractivity contribution in [3.8, 4) is 0 Å². The van der Waals surface area contributed by atoms with E-state index in [0.29, 0.717) is 24.7 Å². The summed E-state index contributed by atoms with van der Waals surface area (Å²) in [7, 11) is 0. The van der Waals surface area contributed by atoms with Gasteiger partial charge in [0.1, 0.15) is 5.78 Å². The summed E-state index contributed by atoms with van der Waals surface area (Å²) in [5.41, 5.74) is -0.441. The molecule has 0 aromatic rings. The van der Waals surface area contributed by atoms with Crippen LogP contribution in [0, 0.1) is 17.3 Å². The van der Waals surface area contributed by atoms with Crippen LogP contribution in [0.15, 0.2) is 0 Å². The Morgan fingerprint density at radius 1 is 1.36 bits per heavy atom. The van der Waals surface area contributed by atoms with Crippen LogP contribution in [0.5, 0.6) is 0 Å². The largest absolute Gasteiger partial charge is 0.390 e. The second kappa shape index (κ2) is 7.00. The third kappa shape index (κ3) is 3.41. The van der Waals surface area contributed by atoms with Gasteiger partial charge in [0.25, 0.3) is 0 Å². The predicted octanol–water partition coefficient (Wildman–Crippen LogP) is 4.12. The molecule has 2 aliphatic rings. The van der Waals surface area contributed by atoms with Crippen LogP contribution in [-0.4, -0.2) is 29.2 Å². The summed E-state index contributed by atoms with van der Waals surface area (Å²) < 4.78 is 6.10. The first kappa shape index (κ1) is 17.9. The van der Waals surface area contributed by atoms with E-state index in [-0.39, 0.29) is 17.4 Å². The van der Waals surface area contributed by atoms with E-state index in [4.69, 9.17) is 4.74 Å². The zero-order chi connectivity index (χ0) is 16.4. The summed E-state index contributed by atoms with van der Waals surface area (Å²) in [6, 6.07) is 0. The van der Waals surface area contributed by atoms with Gasteiger partial charge in [-0.05, 0) is 63.2 Å². The van der Waals surface area contributed by atoms with Gasteiger partial charge in [0.05, 0.1) is 11.7 Å². The average molecular weight is 310 g/mol. The Morgan fingerprint density at radius 2 is 2.05 bits per heavy atom. The number of aliphatic hydroxyl groups is 1. The molecule has 0 amide bonds. The number of Topliss-reactive ketones (excluding diaryl/α,β-unsaturated/α-hetero) is 1. The van der Waals surface area contributed by atoms with Gasteiger partial charge in [-0.25, -0.2) is 0 Å². The van der Waals surface area contributed by atoms with Crippen molar-refractivity contribution >= 4 is 5.78 Å². The van der Waals surface area contributed by atoms with E-state index < -0.39 is 5.60 Å². The van der Waals surface area contributed by atoms with Gasteiger partial charge >= 0.3 is 0 Å². The first-order valence-corrected chi connectivity index (χ1v) is 9.23. The lowest BCUT2D eigenvalue weighted by molar-refractivity contribution is -0.131. The fraction of sp³-hybridized carbons (Fsp3) is 0.947. The number of ether oxygens (including phenoxy) is 1. The SMILES string of the molecule is CCC(O)(CC)CCOC(C)C1CCC2C(=O)CCCC21C. The molecule has 22 heavy (non-hydrogen) atoms. The Bertz CT molecular complexity index is 388. The molecule has 3 heteroatoms. The minimum Gasteiger partial charge on any atom is -0.390 e. The van der Waals surface area contributed by atoms with E-state index in [1.807, 2.05) is 13.8 Å². The average Bonchev–Trinajstić information content (AvgIpc) is 2.85. The third-order valence-electron chi connectivity index (χ3n) is 6.77. The van der Waals surface area contributed by atoms with Crippen LogP contribution < -0.4 is 0 Å². The fourth-order valence-corrected chi connectivity index (χ4v) is 4.90. The van der Waals surface area contributed by atoms with Crippen molar-refractivity contribution < 1.29 is 14.6 Å². The number of carbonyl (C=O) groups is 1. The minimum absolute atomic E-state index is 0.139. The molecule has 2 fully saturated rings. The van der Waals surface area contributed by atoms with E-state index in [1.54, 1.807) is 0 Å². The second-order valence-corrected chi connectivity index (χ2v) is 7.82. The molecule has 0 heterocycles. The molecule has 0 aromatic carbocycles. The quantitative estimate of drug-likeness (QED) is 0.769. The number of fused-ring (bicyclic) bond motifs is 1. The van der Waals surface area contributed by atoms with Gasteiger partial charge in [-0.15, -0.1) is 0 Å². The molecule has 4 unspecified atom stereocenters. The van der Waals surface area contributed by atoms with Crippen molar-refractivity contribution in [2.45, 2.75) is 90.8 Å². The van der Waals surface area contributed by atoms with Gasteiger partial charge < -0.3 is 9.84 Å². The van der Waals surface area contributed by atoms with E-state index in [2.05, 4.69) is 13.8 Å². The standard InChI is InChI=1S/C19H34O3/c1-5-19(21,6-2)12-13-22-14(3)15-9-10-16-17(20)8-7-11-18(15,16)4/h14-16,21H,5-13H2,1-4H3. The highest BCUT2D eigenvalue weighted by Crippen LogP contribution is 2.55. The smallest absolute Gasteiger partial charge is 0.136 e. The molecule has 2 rings (SSSR count). The molecule has 2 aliphatic carbocycles. The third-order valence-corrected chi connectivity index (χ3v) is 6.77. The van der Waals surface area contributed by atoms with Gasteiger partial charge in [-0.3, -0.25) is 4.79 Å². The highest BCUT2D eigenvalue weighted by molar-refractivity contribution is 5.83. The molecule has 3 nitrogen and oxygen atoms in total. The van der Waals surface area contributed by atoms with Crippen molar-refractivity contribution in [3.63, 3.8) is 0 Å². The highest BCUT2D eigenvalue weighted by Gasteiger charge is 2.52. The monoisotopic (exact) mass is 310 g/mol. The molecule has 0 aliphatic heterocycles. The normalized spacial score (nSPS) is 33.8. The molecule has 1 N–H and O–H groups in total. The number of carbonyl (C=O) groups excluding carboxylic acids is 1. The summed E-state index contributed by atoms with van der Waals surface area (Å²) >= 11 is 0. The van der Waals surface area contributed by atoms with Crippen LogP contribution >= 0.6 is 0 Å². The van der Waals surface area contributed by atoms with Crippen LogP contribution in [0.1, 0.15) is 79.1 Å². The summed E-state index contributed by atoms with van der Waals surface area (Å²) in [6.45, 7) is 9.14. The zero-order valence-electron chi connectivity index (χ0n) is 14.9. The molecule has 0 bridgehead atoms. The Hall–Kier alpha value is -0.410. The molecule has 4 atom stereocenters. The Morgan fingerprint density at radius 3 is 2.68 bits per heavy atom. The van der Waals surface area contributed by atoms with Crippen molar-refractivity contribution in [2.24, 2.45) is 17.3 Å². The minimum atomic E-state index is -0.581. The maximum absolute atomic E-state index is 12.2. The van der Waals surface area contributed by atoms with Gasteiger partial charge in [0.15, 0.2) is 0 Å². The maximum Gasteiger partial charge on any atom is 0.136 e. The summed E-state index contributed by atoms with van der Waals surface area (Å²) in [5.74, 6) is 1.23. The molecular formula is C19H34O3. The van der Waals surface area contributed by atoms with Crippen LogP contribution in [0.2, 0.25) is 0 Å². The summed E-state index contributed by atoms with van der Waals surface area (Å²) in [6.07, 6.45) is 7.58. The van der Waals surface area contributed by atoms with Gasteiger partial charge in [-0.1, -0.05) is 20.8 Å². The van der Waals surface area contributed by atoms with Gasteiger partial charge in [0, 0.05) is 18.9 Å². The molecular weight excluding hydrogens is 276 g/mol. The fourth-order valence-electron chi connectivity index (χ4n) is 4.90. The topological polar surface area (TPSA) is 46.5 Å². The Kier molecular flexibility index (Phi) is 5.71. The zero-order valence-corrected chi connectivity index (χ0v) is 14.9. The first-order valence-electron chi connectivity index (χ1n) is 9.23. The maximum atomic E-state index is 12.2. The predicted molar refractivity (Wildman–Crippen MR) is 88.7 cm³/mol. The van der Waals surface area contributed by atoms with E-state index in [9.17, 15) is 9.90 Å². The lowest BCUT2D eigenvalue weighted by Gasteiger charge is -2.42. The molecule has 0 saturated heterocycles. The number of ketones is 1. The molecule has 128 valence electrons. The van der Waals surface area contributed by atoms with Gasteiger partial charge in [-0.2, -0.15) is 0 Å². The number of rotatable bonds is 7. The van der Waals surface area contributed by atoms with Crippen molar-refractivity contribution in [3.05, 3.63) is 0 Å². The molecule has 2 saturated carbocycles. The van der Waals surface area contributed by atoms with Crippen molar-refractivity contribution in [2.75, 3.05) is 6.61 Å². The number of hydrogen-bond donors (Lipinski definition) is 1. The molecule has 0 spiro atoms. The lowest BCUT2D eigenvalue weighted by Crippen LogP contribution is -2.41. The second-order valence-electron chi connectivity index (χ2n) is 7.82. The van der Waals surface area contributed by atoms with Crippen LogP contribution in [0.3, 0.4) is 0 Å². The first-order chi connectivity index (χ1) is 10.4. The van der Waals surface area contributed by atoms with E-state index in [0.717, 1.165) is 44.9 Å². The van der Waals surface area contributed by atoms with Gasteiger partial charge in [0.2, 0.25) is 0 Å². The van der Waals surface area contributed by atoms with Crippen LogP contribution in [0.4, 0.5) is 0 Å². The van der Waals surface area contributed by atoms with Crippen molar-refractivity contribution in [1.29, 1.82) is 0 Å². The summed E-state index contributed by atoms with van der Waals surface area (Å²) in [5, 5.41) is 10.4. The van der Waals surface area contributed by atoms with Crippen LogP contribution in [0.25, 0.3) is 0 Å². The molecule has 0 radical (unpaired) electrons. The van der Waals surface area contributed by atoms with E-state index in [1.165, 1.54) is 0 Å². The lowest BCUT2D eigenvalue weighted by atomic mass is 9.64. The summed E-state index contributed by atoms with van der Waals surface area (Å²) in [4.78, 5) is 12.2. The van der Waals surface area contributed by atoms with E-state index >= 15 is 0 Å². The number of hydrogen-bond acceptors (Lipinski definition) is 3.